The Kier molecular flexibility index (Phi) is 4.56. The number of H-pyrrole nitrogens is 1. The third kappa shape index (κ3) is 3.16. The van der Waals surface area contributed by atoms with E-state index in [0.29, 0.717) is 15.6 Å². The van der Waals surface area contributed by atoms with Gasteiger partial charge in [0.15, 0.2) is 0 Å². The minimum Gasteiger partial charge on any atom is -0.510 e. The van der Waals surface area contributed by atoms with Gasteiger partial charge in [-0.2, -0.15) is 0 Å². The van der Waals surface area contributed by atoms with Crippen molar-refractivity contribution in [3.05, 3.63) is 75.5 Å². The van der Waals surface area contributed by atoms with Crippen LogP contribution in [0.4, 0.5) is 0 Å². The molecule has 2 aromatic carbocycles. The Morgan fingerprint density at radius 1 is 1.17 bits per heavy atom. The molecule has 1 aliphatic rings. The van der Waals surface area contributed by atoms with Crippen molar-refractivity contribution in [2.75, 3.05) is 6.54 Å². The van der Waals surface area contributed by atoms with Crippen molar-refractivity contribution in [3.63, 3.8) is 0 Å². The van der Waals surface area contributed by atoms with E-state index in [4.69, 9.17) is 17.0 Å². The highest BCUT2D eigenvalue weighted by molar-refractivity contribution is 7.11. The predicted molar refractivity (Wildman–Crippen MR) is 121 cm³/mol. The van der Waals surface area contributed by atoms with Crippen LogP contribution in [0.25, 0.3) is 27.9 Å². The van der Waals surface area contributed by atoms with E-state index in [1.165, 1.54) is 11.3 Å². The Hall–Kier alpha value is -3.16. The van der Waals surface area contributed by atoms with E-state index < -0.39 is 0 Å². The molecule has 3 N–H and O–H groups in total. The van der Waals surface area contributed by atoms with Crippen LogP contribution in [-0.4, -0.2) is 37.3 Å². The summed E-state index contributed by atoms with van der Waals surface area (Å²) in [5, 5.41) is 22.6. The first-order valence-electron chi connectivity index (χ1n) is 9.45. The van der Waals surface area contributed by atoms with Gasteiger partial charge in [0.05, 0.1) is 34.9 Å². The van der Waals surface area contributed by atoms with Crippen LogP contribution in [-0.2, 0) is 0 Å². The van der Waals surface area contributed by atoms with Gasteiger partial charge in [-0.15, -0.1) is 11.3 Å². The van der Waals surface area contributed by atoms with Crippen molar-refractivity contribution < 1.29 is 5.11 Å². The fourth-order valence-corrected chi connectivity index (χ4v) is 4.64. The maximum absolute atomic E-state index is 10.7. The number of aromatic amines is 1. The molecular weight excluding hydrogens is 418 g/mol. The van der Waals surface area contributed by atoms with Gasteiger partial charge in [0.2, 0.25) is 0 Å². The molecule has 30 heavy (non-hydrogen) atoms. The number of hydrogen-bond donors (Lipinski definition) is 3. The fraction of sp³-hybridized carbons (Fsp3) is 0.136. The van der Waals surface area contributed by atoms with Crippen LogP contribution in [0.3, 0.4) is 0 Å². The van der Waals surface area contributed by atoms with Crippen LogP contribution in [0.5, 0.6) is 0 Å². The average Bonchev–Trinajstić information content (AvgIpc) is 3.45. The largest absolute Gasteiger partial charge is 0.510 e. The van der Waals surface area contributed by atoms with E-state index >= 15 is 0 Å². The topological polar surface area (TPSA) is 88.9 Å². The van der Waals surface area contributed by atoms with Gasteiger partial charge in [0.1, 0.15) is 22.4 Å². The second-order valence-corrected chi connectivity index (χ2v) is 8.45. The fourth-order valence-electron chi connectivity index (χ4n) is 3.61. The smallest absolute Gasteiger partial charge is 0.135 e. The molecule has 5 rings (SSSR count). The number of halogens is 1. The summed E-state index contributed by atoms with van der Waals surface area (Å²) in [6.07, 6.45) is 0. The van der Waals surface area contributed by atoms with Crippen LogP contribution in [0.2, 0.25) is 5.02 Å². The molecule has 6 nitrogen and oxygen atoms in total. The van der Waals surface area contributed by atoms with Crippen molar-refractivity contribution in [1.29, 1.82) is 5.41 Å². The lowest BCUT2D eigenvalue weighted by molar-refractivity contribution is 0.304. The van der Waals surface area contributed by atoms with Gasteiger partial charge < -0.3 is 15.0 Å². The van der Waals surface area contributed by atoms with Crippen LogP contribution in [0.15, 0.2) is 59.7 Å². The SMILES string of the molecule is C[C@H](c1nc2ccccc2[nH]1)N1CC(O)=C(c2nc(-c3ccc(Cl)cc3)cs2)C1=N. The van der Waals surface area contributed by atoms with E-state index in [1.807, 2.05) is 65.7 Å². The second-order valence-electron chi connectivity index (χ2n) is 7.16. The quantitative estimate of drug-likeness (QED) is 0.385. The van der Waals surface area contributed by atoms with Crippen molar-refractivity contribution in [2.45, 2.75) is 13.0 Å². The number of thiazole rings is 1. The van der Waals surface area contributed by atoms with Gasteiger partial charge in [0.25, 0.3) is 0 Å². The minimum atomic E-state index is -0.194. The summed E-state index contributed by atoms with van der Waals surface area (Å²) in [5.41, 5.74) is 4.05. The molecule has 0 amide bonds. The minimum absolute atomic E-state index is 0.153. The standard InChI is InChI=1S/C22H18ClN5OS/c1-12(21-25-15-4-2-3-5-16(15)26-21)28-10-18(29)19(20(28)24)22-27-17(11-30-22)13-6-8-14(23)9-7-13/h2-9,11-12,24,29H,10H2,1H3,(H,25,26)/t12-/m1/s1. The molecule has 0 saturated carbocycles. The number of benzene rings is 2. The highest BCUT2D eigenvalue weighted by Gasteiger charge is 2.34. The van der Waals surface area contributed by atoms with Crippen LogP contribution in [0.1, 0.15) is 23.8 Å². The van der Waals surface area contributed by atoms with Crippen LogP contribution < -0.4 is 0 Å². The van der Waals surface area contributed by atoms with E-state index in [-0.39, 0.29) is 24.2 Å². The molecular formula is C22H18ClN5OS. The summed E-state index contributed by atoms with van der Waals surface area (Å²) in [7, 11) is 0. The lowest BCUT2D eigenvalue weighted by Gasteiger charge is -2.24. The van der Waals surface area contributed by atoms with Crippen molar-refractivity contribution >= 4 is 45.4 Å². The maximum Gasteiger partial charge on any atom is 0.135 e. The number of imidazole rings is 1. The van der Waals surface area contributed by atoms with E-state index in [1.54, 1.807) is 0 Å². The Morgan fingerprint density at radius 2 is 1.93 bits per heavy atom. The Bertz CT molecular complexity index is 1260. The first-order chi connectivity index (χ1) is 14.5. The zero-order chi connectivity index (χ0) is 20.8. The summed E-state index contributed by atoms with van der Waals surface area (Å²) in [4.78, 5) is 14.5. The summed E-state index contributed by atoms with van der Waals surface area (Å²) in [6.45, 7) is 2.23. The summed E-state index contributed by atoms with van der Waals surface area (Å²) >= 11 is 7.38. The molecule has 8 heteroatoms. The number of nitrogens with one attached hydrogen (secondary N) is 2. The monoisotopic (exact) mass is 435 g/mol. The molecule has 0 aliphatic carbocycles. The number of fused-ring (bicyclic) bond motifs is 1. The summed E-state index contributed by atoms with van der Waals surface area (Å²) in [6, 6.07) is 15.1. The number of para-hydroxylation sites is 2. The molecule has 150 valence electrons. The maximum atomic E-state index is 10.7. The third-order valence-electron chi connectivity index (χ3n) is 5.26. The first kappa shape index (κ1) is 18.8. The molecule has 4 aromatic rings. The number of aliphatic hydroxyl groups excluding tert-OH is 1. The molecule has 0 radical (unpaired) electrons. The number of aromatic nitrogens is 3. The number of nitrogens with zero attached hydrogens (tertiary/aromatic N) is 3. The molecule has 0 bridgehead atoms. The molecule has 3 heterocycles. The predicted octanol–water partition coefficient (Wildman–Crippen LogP) is 5.66. The zero-order valence-electron chi connectivity index (χ0n) is 16.1. The Morgan fingerprint density at radius 3 is 2.70 bits per heavy atom. The van der Waals surface area contributed by atoms with Gasteiger partial charge >= 0.3 is 0 Å². The highest BCUT2D eigenvalue weighted by atomic mass is 35.5. The zero-order valence-corrected chi connectivity index (χ0v) is 17.6. The highest BCUT2D eigenvalue weighted by Crippen LogP contribution is 2.35. The van der Waals surface area contributed by atoms with Gasteiger partial charge in [-0.25, -0.2) is 9.97 Å². The molecule has 0 fully saturated rings. The molecule has 1 atom stereocenters. The van der Waals surface area contributed by atoms with Gasteiger partial charge in [-0.05, 0) is 31.2 Å². The molecule has 0 unspecified atom stereocenters. The van der Waals surface area contributed by atoms with Crippen LogP contribution in [0, 0.1) is 5.41 Å². The molecule has 1 aliphatic heterocycles. The Balaban J connectivity index is 1.42. The number of rotatable bonds is 4. The summed E-state index contributed by atoms with van der Waals surface area (Å²) < 4.78 is 0. The van der Waals surface area contributed by atoms with Gasteiger partial charge in [0, 0.05) is 16.0 Å². The average molecular weight is 436 g/mol. The second kappa shape index (κ2) is 7.27. The van der Waals surface area contributed by atoms with Gasteiger partial charge in [-0.3, -0.25) is 5.41 Å². The lowest BCUT2D eigenvalue weighted by atomic mass is 10.2. The van der Waals surface area contributed by atoms with E-state index in [9.17, 15) is 5.11 Å². The molecule has 0 saturated heterocycles. The van der Waals surface area contributed by atoms with Gasteiger partial charge in [-0.1, -0.05) is 35.9 Å². The molecule has 0 spiro atoms. The third-order valence-corrected chi connectivity index (χ3v) is 6.37. The number of aliphatic hydroxyl groups is 1. The van der Waals surface area contributed by atoms with Crippen molar-refractivity contribution in [3.8, 4) is 11.3 Å². The van der Waals surface area contributed by atoms with Crippen molar-refractivity contribution in [2.24, 2.45) is 0 Å². The first-order valence-corrected chi connectivity index (χ1v) is 10.7. The Labute approximate surface area is 182 Å². The normalized spacial score (nSPS) is 15.4. The van der Waals surface area contributed by atoms with E-state index in [0.717, 1.165) is 28.1 Å². The molecule has 2 aromatic heterocycles. The van der Waals surface area contributed by atoms with Crippen molar-refractivity contribution in [1.82, 2.24) is 19.9 Å². The van der Waals surface area contributed by atoms with Crippen LogP contribution >= 0.6 is 22.9 Å². The number of hydrogen-bond acceptors (Lipinski definition) is 5. The van der Waals surface area contributed by atoms with E-state index in [2.05, 4.69) is 15.0 Å². The summed E-state index contributed by atoms with van der Waals surface area (Å²) in [5.74, 6) is 1.16. The lowest BCUT2D eigenvalue weighted by Crippen LogP contribution is -2.30. The number of amidine groups is 1.